The molecule has 2 N–H and O–H groups in total. The Bertz CT molecular complexity index is 923. The van der Waals surface area contributed by atoms with Gasteiger partial charge in [0.1, 0.15) is 0 Å². The molecular formula is C30H48N2O2. The minimum Gasteiger partial charge on any atom is -0.411 e. The molecule has 0 heterocycles. The van der Waals surface area contributed by atoms with Crippen molar-refractivity contribution in [2.75, 3.05) is 0 Å². The first kappa shape index (κ1) is 24.4. The summed E-state index contributed by atoms with van der Waals surface area (Å²) < 4.78 is 0. The zero-order valence-corrected chi connectivity index (χ0v) is 22.5. The number of nitrogens with zero attached hydrogens (tertiary/aromatic N) is 2. The summed E-state index contributed by atoms with van der Waals surface area (Å²) in [4.78, 5) is 0. The van der Waals surface area contributed by atoms with E-state index in [1.807, 2.05) is 6.21 Å². The minimum absolute atomic E-state index is 0.0311. The first-order valence-corrected chi connectivity index (χ1v) is 14.0. The molecule has 0 amide bonds. The maximum absolute atomic E-state index is 9.76. The fraction of sp³-hybridized carbons (Fsp3) is 0.867. The summed E-state index contributed by atoms with van der Waals surface area (Å²) in [5.74, 6) is 3.06. The average Bonchev–Trinajstić information content (AvgIpc) is 3.14. The van der Waals surface area contributed by atoms with Crippen molar-refractivity contribution < 1.29 is 10.4 Å². The number of oxime groups is 2. The molecular weight excluding hydrogens is 420 g/mol. The second-order valence-corrected chi connectivity index (χ2v) is 14.4. The standard InChI is InChI=1S/C30H48N2O2/c1-19(2)20-10-15-30(18-31-33)17-16-28(6)21(25(20)30)8-9-23-27(5)13-12-24(32-34)26(3,4)22(27)11-14-29(23,28)7/h18,20-23,25,33-34H,1,8-17H2,2-7H3/b31-18+,32-24+/t20-,21+,22-,23-,25+,27-,28+,29+,30+/m0/s1. The average molecular weight is 469 g/mol. The second-order valence-electron chi connectivity index (χ2n) is 14.4. The molecule has 0 spiro atoms. The molecule has 5 saturated carbocycles. The van der Waals surface area contributed by atoms with Gasteiger partial charge in [-0.3, -0.25) is 0 Å². The fourth-order valence-electron chi connectivity index (χ4n) is 11.5. The molecule has 0 bridgehead atoms. The highest BCUT2D eigenvalue weighted by atomic mass is 16.4. The molecule has 0 aliphatic heterocycles. The van der Waals surface area contributed by atoms with E-state index in [0.717, 1.165) is 31.4 Å². The van der Waals surface area contributed by atoms with E-state index in [2.05, 4.69) is 58.4 Å². The van der Waals surface area contributed by atoms with Crippen molar-refractivity contribution in [3.05, 3.63) is 12.2 Å². The predicted molar refractivity (Wildman–Crippen MR) is 138 cm³/mol. The van der Waals surface area contributed by atoms with Crippen molar-refractivity contribution in [2.45, 2.75) is 106 Å². The highest BCUT2D eigenvalue weighted by molar-refractivity contribution is 5.90. The Morgan fingerprint density at radius 2 is 1.62 bits per heavy atom. The first-order chi connectivity index (χ1) is 15.9. The van der Waals surface area contributed by atoms with Crippen LogP contribution in [0.4, 0.5) is 0 Å². The lowest BCUT2D eigenvalue weighted by atomic mass is 9.32. The maximum atomic E-state index is 9.76. The van der Waals surface area contributed by atoms with E-state index in [9.17, 15) is 10.4 Å². The van der Waals surface area contributed by atoms with Gasteiger partial charge in [0.05, 0.1) is 11.9 Å². The zero-order valence-electron chi connectivity index (χ0n) is 22.5. The van der Waals surface area contributed by atoms with Crippen molar-refractivity contribution in [1.82, 2.24) is 0 Å². The monoisotopic (exact) mass is 468 g/mol. The first-order valence-electron chi connectivity index (χ1n) is 14.0. The molecule has 5 fully saturated rings. The number of hydrogen-bond acceptors (Lipinski definition) is 4. The second kappa shape index (κ2) is 7.59. The third-order valence-corrected chi connectivity index (χ3v) is 13.3. The quantitative estimate of drug-likeness (QED) is 0.187. The van der Waals surface area contributed by atoms with Crippen molar-refractivity contribution in [3.63, 3.8) is 0 Å². The van der Waals surface area contributed by atoms with Gasteiger partial charge in [-0.25, -0.2) is 0 Å². The van der Waals surface area contributed by atoms with Gasteiger partial charge in [-0.1, -0.05) is 51.9 Å². The van der Waals surface area contributed by atoms with Crippen LogP contribution >= 0.6 is 0 Å². The molecule has 5 rings (SSSR count). The van der Waals surface area contributed by atoms with Gasteiger partial charge in [0.2, 0.25) is 0 Å². The Hall–Kier alpha value is -1.32. The number of allylic oxidation sites excluding steroid dienone is 1. The molecule has 5 aliphatic carbocycles. The summed E-state index contributed by atoms with van der Waals surface area (Å²) in [5, 5.41) is 26.9. The van der Waals surface area contributed by atoms with Gasteiger partial charge in [-0.15, -0.1) is 5.16 Å². The number of rotatable bonds is 2. The Morgan fingerprint density at radius 1 is 0.882 bits per heavy atom. The van der Waals surface area contributed by atoms with Crippen LogP contribution in [-0.4, -0.2) is 22.3 Å². The predicted octanol–water partition coefficient (Wildman–Crippen LogP) is 7.93. The van der Waals surface area contributed by atoms with E-state index in [1.165, 1.54) is 44.1 Å². The van der Waals surface area contributed by atoms with Crippen LogP contribution in [0, 0.1) is 56.7 Å². The summed E-state index contributed by atoms with van der Waals surface area (Å²) in [6.07, 6.45) is 13.8. The van der Waals surface area contributed by atoms with Crippen LogP contribution in [0.2, 0.25) is 0 Å². The molecule has 190 valence electrons. The third-order valence-electron chi connectivity index (χ3n) is 13.3. The van der Waals surface area contributed by atoms with Crippen molar-refractivity contribution >= 4 is 11.9 Å². The van der Waals surface area contributed by atoms with Gasteiger partial charge in [-0.05, 0) is 117 Å². The molecule has 9 atom stereocenters. The van der Waals surface area contributed by atoms with E-state index in [-0.39, 0.29) is 10.8 Å². The van der Waals surface area contributed by atoms with Crippen LogP contribution in [0.25, 0.3) is 0 Å². The van der Waals surface area contributed by atoms with E-state index in [0.29, 0.717) is 45.8 Å². The van der Waals surface area contributed by atoms with E-state index < -0.39 is 0 Å². The van der Waals surface area contributed by atoms with E-state index in [4.69, 9.17) is 0 Å². The van der Waals surface area contributed by atoms with Crippen molar-refractivity contribution in [1.29, 1.82) is 0 Å². The van der Waals surface area contributed by atoms with Crippen molar-refractivity contribution in [3.8, 4) is 0 Å². The Kier molecular flexibility index (Phi) is 5.44. The van der Waals surface area contributed by atoms with Gasteiger partial charge in [0, 0.05) is 10.8 Å². The summed E-state index contributed by atoms with van der Waals surface area (Å²) in [5.41, 5.74) is 3.27. The molecule has 0 aromatic rings. The Labute approximate surface area is 207 Å². The summed E-state index contributed by atoms with van der Waals surface area (Å²) in [6.45, 7) is 19.2. The van der Waals surface area contributed by atoms with Crippen LogP contribution < -0.4 is 0 Å². The van der Waals surface area contributed by atoms with E-state index >= 15 is 0 Å². The molecule has 4 nitrogen and oxygen atoms in total. The highest BCUT2D eigenvalue weighted by Gasteiger charge is 2.70. The van der Waals surface area contributed by atoms with Gasteiger partial charge in [-0.2, -0.15) is 0 Å². The van der Waals surface area contributed by atoms with Crippen LogP contribution in [0.3, 0.4) is 0 Å². The fourth-order valence-corrected chi connectivity index (χ4v) is 11.5. The van der Waals surface area contributed by atoms with Crippen LogP contribution in [0.1, 0.15) is 106 Å². The molecule has 0 radical (unpaired) electrons. The normalized spacial score (nSPS) is 53.1. The minimum atomic E-state index is -0.0311. The number of hydrogen-bond donors (Lipinski definition) is 2. The summed E-state index contributed by atoms with van der Waals surface area (Å²) in [6, 6.07) is 0. The Morgan fingerprint density at radius 3 is 2.26 bits per heavy atom. The molecule has 0 saturated heterocycles. The lowest BCUT2D eigenvalue weighted by Crippen LogP contribution is -2.66. The Balaban J connectivity index is 1.56. The van der Waals surface area contributed by atoms with Crippen LogP contribution in [0.5, 0.6) is 0 Å². The molecule has 0 unspecified atom stereocenters. The van der Waals surface area contributed by atoms with Gasteiger partial charge >= 0.3 is 0 Å². The summed E-state index contributed by atoms with van der Waals surface area (Å²) >= 11 is 0. The van der Waals surface area contributed by atoms with Crippen LogP contribution in [-0.2, 0) is 0 Å². The summed E-state index contributed by atoms with van der Waals surface area (Å²) in [7, 11) is 0. The molecule has 5 aliphatic rings. The van der Waals surface area contributed by atoms with Gasteiger partial charge in [0.25, 0.3) is 0 Å². The van der Waals surface area contributed by atoms with Crippen LogP contribution in [0.15, 0.2) is 22.5 Å². The SMILES string of the molecule is C=C(C)[C@@H]1CC[C@]2(/C=N/O)CC[C@]3(C)[C@H](CC[C@H]4[C@@]5(C)CC/C(=N\O)C(C)(C)[C@@H]5CC[C@]43C)[C@@H]12. The maximum Gasteiger partial charge on any atom is 0.0630 e. The lowest BCUT2D eigenvalue weighted by Gasteiger charge is -2.72. The van der Waals surface area contributed by atoms with Gasteiger partial charge < -0.3 is 10.4 Å². The topological polar surface area (TPSA) is 65.2 Å². The van der Waals surface area contributed by atoms with Crippen molar-refractivity contribution in [2.24, 2.45) is 67.0 Å². The smallest absolute Gasteiger partial charge is 0.0630 e. The lowest BCUT2D eigenvalue weighted by molar-refractivity contribution is -0.222. The molecule has 0 aromatic heterocycles. The van der Waals surface area contributed by atoms with E-state index in [1.54, 1.807) is 0 Å². The number of fused-ring (bicyclic) bond motifs is 7. The molecule has 4 heteroatoms. The molecule has 0 aromatic carbocycles. The van der Waals surface area contributed by atoms with Gasteiger partial charge in [0.15, 0.2) is 0 Å². The largest absolute Gasteiger partial charge is 0.411 e. The molecule has 34 heavy (non-hydrogen) atoms. The highest BCUT2D eigenvalue weighted by Crippen LogP contribution is 2.77. The third kappa shape index (κ3) is 2.83. The zero-order chi connectivity index (χ0) is 24.7.